The molecule has 136 valence electrons. The van der Waals surface area contributed by atoms with E-state index < -0.39 is 16.1 Å². The molecule has 3 rings (SSSR count). The second kappa shape index (κ2) is 7.23. The Labute approximate surface area is 148 Å². The smallest absolute Gasteiger partial charge is 0.243 e. The largest absolute Gasteiger partial charge is 0.387 e. The number of hydrogen-bond acceptors (Lipinski definition) is 5. The number of nitrogens with zero attached hydrogens (tertiary/aromatic N) is 4. The molecule has 0 bridgehead atoms. The molecule has 0 aliphatic carbocycles. The van der Waals surface area contributed by atoms with E-state index in [1.165, 1.54) is 0 Å². The summed E-state index contributed by atoms with van der Waals surface area (Å²) in [5.41, 5.74) is 1.60. The fourth-order valence-electron chi connectivity index (χ4n) is 3.05. The van der Waals surface area contributed by atoms with Crippen molar-refractivity contribution in [2.45, 2.75) is 44.2 Å². The predicted molar refractivity (Wildman–Crippen MR) is 93.3 cm³/mol. The number of benzene rings is 1. The minimum atomic E-state index is -3.42. The van der Waals surface area contributed by atoms with Crippen molar-refractivity contribution in [1.82, 2.24) is 19.3 Å². The Balaban J connectivity index is 1.60. The molecule has 1 aliphatic rings. The first-order chi connectivity index (χ1) is 11.9. The average molecular weight is 364 g/mol. The van der Waals surface area contributed by atoms with E-state index in [0.717, 1.165) is 18.4 Å². The van der Waals surface area contributed by atoms with Crippen LogP contribution in [0.25, 0.3) is 0 Å². The number of piperidine rings is 1. The SMILES string of the molecule is Cc1ccc(S(=O)(=O)N2CCC(Cn3cc([C@H](C)O)nn3)CC2)cc1. The summed E-state index contributed by atoms with van der Waals surface area (Å²) in [4.78, 5) is 0.356. The molecule has 1 saturated heterocycles. The van der Waals surface area contributed by atoms with Gasteiger partial charge >= 0.3 is 0 Å². The first-order valence-electron chi connectivity index (χ1n) is 8.51. The Morgan fingerprint density at radius 1 is 1.24 bits per heavy atom. The lowest BCUT2D eigenvalue weighted by molar-refractivity contribution is 0.194. The highest BCUT2D eigenvalue weighted by Gasteiger charge is 2.29. The van der Waals surface area contributed by atoms with Crippen molar-refractivity contribution in [2.24, 2.45) is 5.92 Å². The van der Waals surface area contributed by atoms with Gasteiger partial charge < -0.3 is 5.11 Å². The van der Waals surface area contributed by atoms with Crippen molar-refractivity contribution < 1.29 is 13.5 Å². The second-order valence-corrected chi connectivity index (χ2v) is 8.64. The molecule has 1 aromatic heterocycles. The third-order valence-electron chi connectivity index (χ3n) is 4.66. The van der Waals surface area contributed by atoms with E-state index in [1.807, 2.05) is 19.1 Å². The quantitative estimate of drug-likeness (QED) is 0.873. The lowest BCUT2D eigenvalue weighted by atomic mass is 9.98. The van der Waals surface area contributed by atoms with Crippen molar-refractivity contribution in [3.63, 3.8) is 0 Å². The van der Waals surface area contributed by atoms with Crippen molar-refractivity contribution in [3.8, 4) is 0 Å². The topological polar surface area (TPSA) is 88.3 Å². The first-order valence-corrected chi connectivity index (χ1v) is 9.95. The molecule has 0 amide bonds. The highest BCUT2D eigenvalue weighted by Crippen LogP contribution is 2.25. The molecule has 2 aromatic rings. The van der Waals surface area contributed by atoms with Crippen molar-refractivity contribution in [3.05, 3.63) is 41.7 Å². The molecular weight excluding hydrogens is 340 g/mol. The zero-order chi connectivity index (χ0) is 18.0. The van der Waals surface area contributed by atoms with Crippen molar-refractivity contribution in [1.29, 1.82) is 0 Å². The Bertz CT molecular complexity index is 807. The van der Waals surface area contributed by atoms with E-state index in [1.54, 1.807) is 34.2 Å². The van der Waals surface area contributed by atoms with Crippen LogP contribution < -0.4 is 0 Å². The van der Waals surface area contributed by atoms with Gasteiger partial charge in [-0.25, -0.2) is 8.42 Å². The maximum Gasteiger partial charge on any atom is 0.243 e. The predicted octanol–water partition coefficient (Wildman–Crippen LogP) is 1.74. The number of sulfonamides is 1. The van der Waals surface area contributed by atoms with Crippen LogP contribution in [0.4, 0.5) is 0 Å². The summed E-state index contributed by atoms with van der Waals surface area (Å²) < 4.78 is 28.7. The minimum Gasteiger partial charge on any atom is -0.387 e. The normalized spacial score (nSPS) is 18.4. The van der Waals surface area contributed by atoms with Gasteiger partial charge in [-0.1, -0.05) is 22.9 Å². The summed E-state index contributed by atoms with van der Waals surface area (Å²) in [7, 11) is -3.42. The molecule has 0 saturated carbocycles. The van der Waals surface area contributed by atoms with Gasteiger partial charge in [-0.15, -0.1) is 5.10 Å². The van der Waals surface area contributed by atoms with Crippen LogP contribution in [0.2, 0.25) is 0 Å². The number of aromatic nitrogens is 3. The van der Waals surface area contributed by atoms with E-state index in [-0.39, 0.29) is 0 Å². The average Bonchev–Trinajstić information content (AvgIpc) is 3.04. The van der Waals surface area contributed by atoms with E-state index in [4.69, 9.17) is 0 Å². The van der Waals surface area contributed by atoms with Gasteiger partial charge in [0.1, 0.15) is 5.69 Å². The van der Waals surface area contributed by atoms with Crippen LogP contribution in [0.3, 0.4) is 0 Å². The van der Waals surface area contributed by atoms with Gasteiger partial charge in [-0.05, 0) is 44.7 Å². The van der Waals surface area contributed by atoms with Crippen LogP contribution in [0, 0.1) is 12.8 Å². The maximum atomic E-state index is 12.7. The first kappa shape index (κ1) is 18.0. The zero-order valence-corrected chi connectivity index (χ0v) is 15.4. The van der Waals surface area contributed by atoms with Crippen LogP contribution >= 0.6 is 0 Å². The summed E-state index contributed by atoms with van der Waals surface area (Å²) in [6, 6.07) is 6.99. The molecular formula is C17H24N4O3S. The lowest BCUT2D eigenvalue weighted by Gasteiger charge is -2.31. The molecule has 1 aromatic carbocycles. The molecule has 1 N–H and O–H groups in total. The molecule has 1 fully saturated rings. The van der Waals surface area contributed by atoms with E-state index in [0.29, 0.717) is 36.1 Å². The summed E-state index contributed by atoms with van der Waals surface area (Å²) in [6.07, 6.45) is 2.69. The Hall–Kier alpha value is -1.77. The summed E-state index contributed by atoms with van der Waals surface area (Å²) in [6.45, 7) is 5.31. The van der Waals surface area contributed by atoms with E-state index in [2.05, 4.69) is 10.3 Å². The number of rotatable bonds is 5. The number of aliphatic hydroxyl groups is 1. The highest BCUT2D eigenvalue weighted by molar-refractivity contribution is 7.89. The molecule has 8 heteroatoms. The van der Waals surface area contributed by atoms with Gasteiger partial charge in [-0.2, -0.15) is 4.31 Å². The van der Waals surface area contributed by atoms with Crippen molar-refractivity contribution in [2.75, 3.05) is 13.1 Å². The number of aryl methyl sites for hydroxylation is 1. The molecule has 1 aliphatic heterocycles. The molecule has 1 atom stereocenters. The summed E-state index contributed by atoms with van der Waals surface area (Å²) in [5, 5.41) is 17.5. The third-order valence-corrected chi connectivity index (χ3v) is 6.57. The summed E-state index contributed by atoms with van der Waals surface area (Å²) >= 11 is 0. The van der Waals surface area contributed by atoms with E-state index in [9.17, 15) is 13.5 Å². The van der Waals surface area contributed by atoms with Crippen LogP contribution in [0.5, 0.6) is 0 Å². The van der Waals surface area contributed by atoms with Crippen LogP contribution in [0.15, 0.2) is 35.4 Å². The van der Waals surface area contributed by atoms with Crippen LogP contribution in [-0.2, 0) is 16.6 Å². The molecule has 7 nitrogen and oxygen atoms in total. The molecule has 0 radical (unpaired) electrons. The Morgan fingerprint density at radius 2 is 1.88 bits per heavy atom. The lowest BCUT2D eigenvalue weighted by Crippen LogP contribution is -2.39. The van der Waals surface area contributed by atoms with Crippen molar-refractivity contribution >= 4 is 10.0 Å². The van der Waals surface area contributed by atoms with Gasteiger partial charge in [0.15, 0.2) is 0 Å². The maximum absolute atomic E-state index is 12.7. The Kier molecular flexibility index (Phi) is 5.21. The third kappa shape index (κ3) is 4.08. The fraction of sp³-hybridized carbons (Fsp3) is 0.529. The standard InChI is InChI=1S/C17H24N4O3S/c1-13-3-5-16(6-4-13)25(23,24)21-9-7-15(8-10-21)11-20-12-17(14(2)22)18-19-20/h3-6,12,14-15,22H,7-11H2,1-2H3/t14-/m0/s1. The van der Waals surface area contributed by atoms with E-state index >= 15 is 0 Å². The second-order valence-electron chi connectivity index (χ2n) is 6.70. The monoisotopic (exact) mass is 364 g/mol. The van der Waals surface area contributed by atoms with Gasteiger partial charge in [0.25, 0.3) is 0 Å². The van der Waals surface area contributed by atoms with Crippen LogP contribution in [0.1, 0.15) is 37.1 Å². The number of hydrogen-bond donors (Lipinski definition) is 1. The fourth-order valence-corrected chi connectivity index (χ4v) is 4.52. The minimum absolute atomic E-state index is 0.355. The Morgan fingerprint density at radius 3 is 2.44 bits per heavy atom. The zero-order valence-electron chi connectivity index (χ0n) is 14.5. The van der Waals surface area contributed by atoms with Gasteiger partial charge in [0.05, 0.1) is 17.2 Å². The molecule has 25 heavy (non-hydrogen) atoms. The van der Waals surface area contributed by atoms with Gasteiger partial charge in [0, 0.05) is 19.6 Å². The van der Waals surface area contributed by atoms with Crippen LogP contribution in [-0.4, -0.2) is 45.9 Å². The van der Waals surface area contributed by atoms with Gasteiger partial charge in [-0.3, -0.25) is 4.68 Å². The molecule has 0 spiro atoms. The summed E-state index contributed by atoms with van der Waals surface area (Å²) in [5.74, 6) is 0.355. The molecule has 2 heterocycles. The number of aliphatic hydroxyl groups excluding tert-OH is 1. The highest BCUT2D eigenvalue weighted by atomic mass is 32.2. The molecule has 0 unspecified atom stereocenters. The van der Waals surface area contributed by atoms with Gasteiger partial charge in [0.2, 0.25) is 10.0 Å².